The monoisotopic (exact) mass is 389 g/mol. The molecule has 0 aromatic carbocycles. The van der Waals surface area contributed by atoms with Crippen LogP contribution in [0.3, 0.4) is 0 Å². The molecular weight excluding hydrogens is 366 g/mol. The van der Waals surface area contributed by atoms with Crippen LogP contribution in [0.5, 0.6) is 0 Å². The van der Waals surface area contributed by atoms with E-state index < -0.39 is 0 Å². The van der Waals surface area contributed by atoms with Gasteiger partial charge in [0, 0.05) is 28.8 Å². The predicted octanol–water partition coefficient (Wildman–Crippen LogP) is 5.91. The van der Waals surface area contributed by atoms with Crippen molar-refractivity contribution >= 4 is 47.2 Å². The van der Waals surface area contributed by atoms with Crippen LogP contribution < -0.4 is 0 Å². The zero-order chi connectivity index (χ0) is 17.1. The van der Waals surface area contributed by atoms with E-state index in [1.165, 1.54) is 6.20 Å². The number of ether oxygens (including phenoxy) is 1. The lowest BCUT2D eigenvalue weighted by atomic mass is 9.93. The molecule has 0 aliphatic rings. The Hall–Kier alpha value is -0.240. The lowest BCUT2D eigenvalue weighted by Gasteiger charge is -2.31. The van der Waals surface area contributed by atoms with E-state index in [0.29, 0.717) is 18.1 Å². The first-order valence-electron chi connectivity index (χ1n) is 7.33. The maximum atomic E-state index is 12.0. The summed E-state index contributed by atoms with van der Waals surface area (Å²) in [7, 11) is 7.14. The number of aromatic nitrogens is 1. The Morgan fingerprint density at radius 1 is 1.48 bits per heavy atom. The van der Waals surface area contributed by atoms with Gasteiger partial charge in [-0.3, -0.25) is 4.98 Å². The molecule has 1 rings (SSSR count). The number of nitrogens with zero attached hydrogens (tertiary/aromatic N) is 1. The molecule has 1 aromatic rings. The molecular formula is C16H23NO2S4. The van der Waals surface area contributed by atoms with Crippen LogP contribution in [0.4, 0.5) is 0 Å². The summed E-state index contributed by atoms with van der Waals surface area (Å²) in [4.78, 5) is 16.0. The Morgan fingerprint density at radius 2 is 2.26 bits per heavy atom. The highest BCUT2D eigenvalue weighted by molar-refractivity contribution is 9.26. The molecule has 0 amide bonds. The van der Waals surface area contributed by atoms with E-state index >= 15 is 0 Å². The standard InChI is InChI=1S/C16H23NO2S4/c1-5-10-20-22-23-21-16(3,4)14(6-2)12-19-15(18)13-8-7-9-17-11-13/h5,7-9,11,14H,1,6,10,12H2,2-4H3. The molecule has 0 N–H and O–H groups in total. The second-order valence-electron chi connectivity index (χ2n) is 5.34. The van der Waals surface area contributed by atoms with Gasteiger partial charge in [-0.1, -0.05) is 34.6 Å². The van der Waals surface area contributed by atoms with Crippen LogP contribution in [0.25, 0.3) is 0 Å². The van der Waals surface area contributed by atoms with Crippen molar-refractivity contribution in [2.75, 3.05) is 12.4 Å². The second-order valence-corrected chi connectivity index (χ2v) is 11.9. The van der Waals surface area contributed by atoms with Crippen molar-refractivity contribution in [2.24, 2.45) is 5.92 Å². The number of carbonyl (C=O) groups excluding carboxylic acids is 1. The number of hydrogen-bond donors (Lipinski definition) is 0. The summed E-state index contributed by atoms with van der Waals surface area (Å²) in [6, 6.07) is 3.46. The van der Waals surface area contributed by atoms with E-state index in [2.05, 4.69) is 32.3 Å². The van der Waals surface area contributed by atoms with E-state index in [1.54, 1.807) is 48.8 Å². The van der Waals surface area contributed by atoms with Gasteiger partial charge in [-0.15, -0.1) is 6.58 Å². The van der Waals surface area contributed by atoms with Gasteiger partial charge < -0.3 is 4.74 Å². The fourth-order valence-electron chi connectivity index (χ4n) is 1.82. The van der Waals surface area contributed by atoms with Crippen molar-refractivity contribution in [3.05, 3.63) is 42.7 Å². The number of pyridine rings is 1. The van der Waals surface area contributed by atoms with E-state index in [4.69, 9.17) is 4.74 Å². The summed E-state index contributed by atoms with van der Waals surface area (Å²) in [5.74, 6) is 0.935. The first-order chi connectivity index (χ1) is 11.0. The number of hydrogen-bond acceptors (Lipinski definition) is 7. The third-order valence-corrected chi connectivity index (χ3v) is 10.5. The fraction of sp³-hybridized carbons (Fsp3) is 0.500. The minimum Gasteiger partial charge on any atom is -0.462 e. The van der Waals surface area contributed by atoms with Crippen molar-refractivity contribution in [1.29, 1.82) is 0 Å². The first kappa shape index (κ1) is 20.8. The lowest BCUT2D eigenvalue weighted by molar-refractivity contribution is 0.0415. The Kier molecular flexibility index (Phi) is 10.3. The highest BCUT2D eigenvalue weighted by Gasteiger charge is 2.30. The molecule has 0 fully saturated rings. The number of esters is 1. The Bertz CT molecular complexity index is 482. The molecule has 0 aliphatic heterocycles. The molecule has 1 unspecified atom stereocenters. The zero-order valence-electron chi connectivity index (χ0n) is 13.7. The maximum Gasteiger partial charge on any atom is 0.339 e. The average molecular weight is 390 g/mol. The van der Waals surface area contributed by atoms with Gasteiger partial charge in [0.25, 0.3) is 0 Å². The van der Waals surface area contributed by atoms with Crippen LogP contribution >= 0.6 is 41.2 Å². The van der Waals surface area contributed by atoms with Gasteiger partial charge in [-0.2, -0.15) is 0 Å². The summed E-state index contributed by atoms with van der Waals surface area (Å²) >= 11 is 0. The normalized spacial score (nSPS) is 12.7. The minimum atomic E-state index is -0.305. The van der Waals surface area contributed by atoms with Crippen LogP contribution in [0.15, 0.2) is 37.2 Å². The summed E-state index contributed by atoms with van der Waals surface area (Å²) in [6.45, 7) is 10.7. The van der Waals surface area contributed by atoms with Crippen molar-refractivity contribution < 1.29 is 9.53 Å². The molecule has 0 bridgehead atoms. The van der Waals surface area contributed by atoms with Crippen LogP contribution in [0.2, 0.25) is 0 Å². The molecule has 3 nitrogen and oxygen atoms in total. The molecule has 1 atom stereocenters. The summed E-state index contributed by atoms with van der Waals surface area (Å²) in [6.07, 6.45) is 6.04. The van der Waals surface area contributed by atoms with Crippen molar-refractivity contribution in [2.45, 2.75) is 31.9 Å². The summed E-state index contributed by atoms with van der Waals surface area (Å²) in [5.41, 5.74) is 0.499. The van der Waals surface area contributed by atoms with Crippen molar-refractivity contribution in [1.82, 2.24) is 4.98 Å². The molecule has 1 heterocycles. The minimum absolute atomic E-state index is 0.0242. The number of rotatable bonds is 11. The molecule has 0 saturated heterocycles. The van der Waals surface area contributed by atoms with Crippen LogP contribution in [0.1, 0.15) is 37.6 Å². The lowest BCUT2D eigenvalue weighted by Crippen LogP contribution is -2.31. The summed E-state index contributed by atoms with van der Waals surface area (Å²) in [5, 5.41) is 0. The average Bonchev–Trinajstić information content (AvgIpc) is 2.55. The molecule has 0 aliphatic carbocycles. The van der Waals surface area contributed by atoms with Crippen molar-refractivity contribution in [3.63, 3.8) is 0 Å². The predicted molar refractivity (Wildman–Crippen MR) is 108 cm³/mol. The quantitative estimate of drug-likeness (QED) is 0.202. The largest absolute Gasteiger partial charge is 0.462 e. The van der Waals surface area contributed by atoms with Gasteiger partial charge in [0.15, 0.2) is 0 Å². The van der Waals surface area contributed by atoms with Crippen molar-refractivity contribution in [3.8, 4) is 0 Å². The Balaban J connectivity index is 2.44. The molecule has 0 radical (unpaired) electrons. The van der Waals surface area contributed by atoms with Gasteiger partial charge in [0.2, 0.25) is 0 Å². The SMILES string of the molecule is C=CCSSSSC(C)(C)C(CC)COC(=O)c1cccnc1. The highest BCUT2D eigenvalue weighted by Crippen LogP contribution is 2.51. The van der Waals surface area contributed by atoms with E-state index in [-0.39, 0.29) is 10.7 Å². The maximum absolute atomic E-state index is 12.0. The fourth-order valence-corrected chi connectivity index (χ4v) is 8.67. The zero-order valence-corrected chi connectivity index (χ0v) is 17.0. The molecule has 128 valence electrons. The highest BCUT2D eigenvalue weighted by atomic mass is 33.7. The van der Waals surface area contributed by atoms with Gasteiger partial charge in [-0.05, 0) is 52.1 Å². The van der Waals surface area contributed by atoms with Crippen LogP contribution in [-0.2, 0) is 4.74 Å². The first-order valence-corrected chi connectivity index (χ1v) is 12.3. The Labute approximate surface area is 154 Å². The third kappa shape index (κ3) is 7.92. The molecule has 23 heavy (non-hydrogen) atoms. The third-order valence-electron chi connectivity index (χ3n) is 3.30. The van der Waals surface area contributed by atoms with Gasteiger partial charge in [0.05, 0.1) is 12.2 Å². The van der Waals surface area contributed by atoms with Gasteiger partial charge in [-0.25, -0.2) is 4.79 Å². The molecule has 0 saturated carbocycles. The topological polar surface area (TPSA) is 39.2 Å². The molecule has 1 aromatic heterocycles. The number of carbonyl (C=O) groups is 1. The van der Waals surface area contributed by atoms with E-state index in [1.807, 2.05) is 16.9 Å². The van der Waals surface area contributed by atoms with E-state index in [9.17, 15) is 4.79 Å². The smallest absolute Gasteiger partial charge is 0.339 e. The van der Waals surface area contributed by atoms with Crippen LogP contribution in [-0.4, -0.2) is 28.1 Å². The molecule has 7 heteroatoms. The van der Waals surface area contributed by atoms with Crippen LogP contribution in [0, 0.1) is 5.92 Å². The molecule has 0 spiro atoms. The van der Waals surface area contributed by atoms with Gasteiger partial charge in [0.1, 0.15) is 0 Å². The Morgan fingerprint density at radius 3 is 2.87 bits per heavy atom. The van der Waals surface area contributed by atoms with E-state index in [0.717, 1.165) is 12.2 Å². The van der Waals surface area contributed by atoms with Gasteiger partial charge >= 0.3 is 5.97 Å². The second kappa shape index (κ2) is 11.3. The summed E-state index contributed by atoms with van der Waals surface area (Å²) < 4.78 is 5.51.